The van der Waals surface area contributed by atoms with Crippen molar-refractivity contribution in [3.05, 3.63) is 18.0 Å². The molecule has 3 N–H and O–H groups in total. The predicted octanol–water partition coefficient (Wildman–Crippen LogP) is 0.119. The third kappa shape index (κ3) is 4.59. The first-order chi connectivity index (χ1) is 8.54. The molecule has 0 spiro atoms. The van der Waals surface area contributed by atoms with Crippen LogP contribution in [0.5, 0.6) is 0 Å². The Labute approximate surface area is 110 Å². The summed E-state index contributed by atoms with van der Waals surface area (Å²) in [4.78, 5) is 18.7. The van der Waals surface area contributed by atoms with Crippen molar-refractivity contribution in [3.63, 3.8) is 0 Å². The number of nitrogens with zero attached hydrogens (tertiary/aromatic N) is 2. The van der Waals surface area contributed by atoms with Crippen LogP contribution in [0.25, 0.3) is 0 Å². The summed E-state index contributed by atoms with van der Waals surface area (Å²) in [6.45, 7) is 1.72. The van der Waals surface area contributed by atoms with Crippen LogP contribution in [0.2, 0.25) is 0 Å². The van der Waals surface area contributed by atoms with Gasteiger partial charge >= 0.3 is 0 Å². The summed E-state index contributed by atoms with van der Waals surface area (Å²) in [5, 5.41) is 22.8. The Kier molecular flexibility index (Phi) is 6.03. The third-order valence-electron chi connectivity index (χ3n) is 2.35. The number of thioether (sulfide) groups is 1. The van der Waals surface area contributed by atoms with Crippen LogP contribution in [0.15, 0.2) is 17.6 Å². The maximum Gasteiger partial charge on any atom is 0.216 e. The molecule has 18 heavy (non-hydrogen) atoms. The molecule has 0 saturated carbocycles. The van der Waals surface area contributed by atoms with Gasteiger partial charge in [0, 0.05) is 31.4 Å². The lowest BCUT2D eigenvalue weighted by atomic mass is 10.1. The lowest BCUT2D eigenvalue weighted by Crippen LogP contribution is -2.27. The van der Waals surface area contributed by atoms with Crippen molar-refractivity contribution in [3.8, 4) is 0 Å². The lowest BCUT2D eigenvalue weighted by molar-refractivity contribution is -0.119. The Morgan fingerprint density at radius 3 is 2.56 bits per heavy atom. The van der Waals surface area contributed by atoms with Crippen LogP contribution in [0.4, 0.5) is 0 Å². The fourth-order valence-electron chi connectivity index (χ4n) is 1.36. The molecule has 2 unspecified atom stereocenters. The number of rotatable bonds is 6. The fraction of sp³-hybridized carbons (Fsp3) is 0.545. The number of hydrogen-bond acceptors (Lipinski definition) is 6. The molecule has 1 aromatic rings. The van der Waals surface area contributed by atoms with Crippen LogP contribution in [-0.4, -0.2) is 45.0 Å². The van der Waals surface area contributed by atoms with Gasteiger partial charge in [0.2, 0.25) is 5.91 Å². The monoisotopic (exact) mass is 271 g/mol. The van der Waals surface area contributed by atoms with E-state index in [1.807, 2.05) is 6.26 Å². The summed E-state index contributed by atoms with van der Waals surface area (Å²) >= 11 is 1.40. The number of amides is 1. The zero-order valence-electron chi connectivity index (χ0n) is 10.3. The van der Waals surface area contributed by atoms with E-state index in [2.05, 4.69) is 15.3 Å². The number of aliphatic hydroxyl groups is 2. The molecule has 0 bridgehead atoms. The van der Waals surface area contributed by atoms with Gasteiger partial charge in [0.1, 0.15) is 6.10 Å². The summed E-state index contributed by atoms with van der Waals surface area (Å²) in [6.07, 6.45) is 3.10. The summed E-state index contributed by atoms with van der Waals surface area (Å²) in [6, 6.07) is 0. The zero-order valence-corrected chi connectivity index (χ0v) is 11.1. The smallest absolute Gasteiger partial charge is 0.216 e. The van der Waals surface area contributed by atoms with Gasteiger partial charge in [-0.15, -0.1) is 0 Å². The summed E-state index contributed by atoms with van der Waals surface area (Å²) in [5.74, 6) is -0.163. The number of carbonyl (C=O) groups is 1. The minimum absolute atomic E-state index is 0.163. The maximum absolute atomic E-state index is 10.7. The van der Waals surface area contributed by atoms with Crippen LogP contribution in [0, 0.1) is 0 Å². The van der Waals surface area contributed by atoms with Crippen molar-refractivity contribution in [1.29, 1.82) is 0 Å². The van der Waals surface area contributed by atoms with E-state index < -0.39 is 12.2 Å². The molecule has 0 aliphatic carbocycles. The number of carbonyl (C=O) groups excluding carboxylic acids is 1. The first-order valence-electron chi connectivity index (χ1n) is 5.51. The van der Waals surface area contributed by atoms with Gasteiger partial charge < -0.3 is 15.5 Å². The van der Waals surface area contributed by atoms with E-state index in [0.717, 1.165) is 0 Å². The van der Waals surface area contributed by atoms with Crippen LogP contribution in [0.3, 0.4) is 0 Å². The van der Waals surface area contributed by atoms with Crippen LogP contribution < -0.4 is 5.32 Å². The van der Waals surface area contributed by atoms with Gasteiger partial charge in [-0.25, -0.2) is 9.97 Å². The molecule has 7 heteroatoms. The molecule has 2 atom stereocenters. The number of nitrogens with one attached hydrogen (secondary N) is 1. The molecule has 1 heterocycles. The molecule has 0 radical (unpaired) electrons. The highest BCUT2D eigenvalue weighted by atomic mass is 32.2. The van der Waals surface area contributed by atoms with Crippen molar-refractivity contribution in [2.45, 2.75) is 30.7 Å². The van der Waals surface area contributed by atoms with E-state index in [-0.39, 0.29) is 12.3 Å². The van der Waals surface area contributed by atoms with Gasteiger partial charge in [-0.2, -0.15) is 0 Å². The first kappa shape index (κ1) is 14.9. The van der Waals surface area contributed by atoms with Gasteiger partial charge in [-0.05, 0) is 12.7 Å². The third-order valence-corrected chi connectivity index (χ3v) is 2.93. The molecule has 1 aromatic heterocycles. The lowest BCUT2D eigenvalue weighted by Gasteiger charge is -2.17. The molecule has 6 nitrogen and oxygen atoms in total. The highest BCUT2D eigenvalue weighted by Gasteiger charge is 2.18. The van der Waals surface area contributed by atoms with Crippen LogP contribution in [-0.2, 0) is 4.79 Å². The Balaban J connectivity index is 2.51. The summed E-state index contributed by atoms with van der Waals surface area (Å²) < 4.78 is 0. The van der Waals surface area contributed by atoms with E-state index in [1.54, 1.807) is 0 Å². The van der Waals surface area contributed by atoms with Crippen LogP contribution >= 0.6 is 11.8 Å². The average Bonchev–Trinajstić information content (AvgIpc) is 2.37. The Bertz CT molecular complexity index is 386. The van der Waals surface area contributed by atoms with Crippen molar-refractivity contribution < 1.29 is 15.0 Å². The standard InChI is InChI=1S/C11H17N3O3S/c1-7(15)12-4-3-9(16)10(17)8-5-13-11(18-2)14-6-8/h5-6,9-10,16-17H,3-4H2,1-2H3,(H,12,15). The largest absolute Gasteiger partial charge is 0.390 e. The number of aromatic nitrogens is 2. The molecule has 0 aliphatic heterocycles. The van der Waals surface area contributed by atoms with Gasteiger partial charge in [0.25, 0.3) is 0 Å². The zero-order chi connectivity index (χ0) is 13.5. The van der Waals surface area contributed by atoms with Crippen molar-refractivity contribution in [2.24, 2.45) is 0 Å². The second-order valence-electron chi connectivity index (χ2n) is 3.79. The fourth-order valence-corrected chi connectivity index (χ4v) is 1.68. The normalized spacial score (nSPS) is 14.0. The quantitative estimate of drug-likeness (QED) is 0.502. The minimum Gasteiger partial charge on any atom is -0.390 e. The highest BCUT2D eigenvalue weighted by Crippen LogP contribution is 2.18. The predicted molar refractivity (Wildman–Crippen MR) is 68.1 cm³/mol. The second kappa shape index (κ2) is 7.30. The Hall–Kier alpha value is -1.18. The molecular weight excluding hydrogens is 254 g/mol. The summed E-state index contributed by atoms with van der Waals surface area (Å²) in [5.41, 5.74) is 0.461. The van der Waals surface area contributed by atoms with E-state index in [0.29, 0.717) is 17.3 Å². The Morgan fingerprint density at radius 2 is 2.06 bits per heavy atom. The van der Waals surface area contributed by atoms with Crippen LogP contribution in [0.1, 0.15) is 25.0 Å². The minimum atomic E-state index is -1.05. The topological polar surface area (TPSA) is 95.3 Å². The van der Waals surface area contributed by atoms with Gasteiger partial charge in [0.15, 0.2) is 5.16 Å². The molecule has 0 saturated heterocycles. The maximum atomic E-state index is 10.7. The van der Waals surface area contributed by atoms with Crippen molar-refractivity contribution in [1.82, 2.24) is 15.3 Å². The molecule has 0 fully saturated rings. The summed E-state index contributed by atoms with van der Waals surface area (Å²) in [7, 11) is 0. The van der Waals surface area contributed by atoms with E-state index >= 15 is 0 Å². The number of hydrogen-bond donors (Lipinski definition) is 3. The first-order valence-corrected chi connectivity index (χ1v) is 6.73. The average molecular weight is 271 g/mol. The molecular formula is C11H17N3O3S. The van der Waals surface area contributed by atoms with Gasteiger partial charge in [0.05, 0.1) is 6.10 Å². The molecule has 1 rings (SSSR count). The van der Waals surface area contributed by atoms with Gasteiger partial charge in [-0.3, -0.25) is 4.79 Å². The van der Waals surface area contributed by atoms with E-state index in [1.165, 1.54) is 31.1 Å². The molecule has 100 valence electrons. The van der Waals surface area contributed by atoms with Gasteiger partial charge in [-0.1, -0.05) is 11.8 Å². The highest BCUT2D eigenvalue weighted by molar-refractivity contribution is 7.98. The SMILES string of the molecule is CSc1ncc(C(O)C(O)CCNC(C)=O)cn1. The molecule has 0 aromatic carbocycles. The second-order valence-corrected chi connectivity index (χ2v) is 4.56. The number of aliphatic hydroxyl groups excluding tert-OH is 2. The van der Waals surface area contributed by atoms with Crippen molar-refractivity contribution >= 4 is 17.7 Å². The van der Waals surface area contributed by atoms with E-state index in [4.69, 9.17) is 0 Å². The molecule has 1 amide bonds. The van der Waals surface area contributed by atoms with Crippen molar-refractivity contribution in [2.75, 3.05) is 12.8 Å². The molecule has 0 aliphatic rings. The van der Waals surface area contributed by atoms with E-state index in [9.17, 15) is 15.0 Å². The Morgan fingerprint density at radius 1 is 1.44 bits per heavy atom.